The van der Waals surface area contributed by atoms with Gasteiger partial charge in [-0.25, -0.2) is 4.39 Å². The summed E-state index contributed by atoms with van der Waals surface area (Å²) in [7, 11) is 0. The van der Waals surface area contributed by atoms with Crippen LogP contribution < -0.4 is 0 Å². The Bertz CT molecular complexity index is 551. The minimum absolute atomic E-state index is 0.166. The fourth-order valence-electron chi connectivity index (χ4n) is 1.27. The summed E-state index contributed by atoms with van der Waals surface area (Å²) in [5.74, 6) is 0.00533. The molecule has 0 spiro atoms. The SMILES string of the molecule is O=Cc1ccc(-c2cc(I)c(Cl)cc2F)o1. The molecule has 0 bridgehead atoms. The van der Waals surface area contributed by atoms with Crippen LogP contribution in [0.15, 0.2) is 28.7 Å². The van der Waals surface area contributed by atoms with Gasteiger partial charge < -0.3 is 4.42 Å². The molecule has 0 atom stereocenters. The van der Waals surface area contributed by atoms with E-state index < -0.39 is 5.82 Å². The second-order valence-electron chi connectivity index (χ2n) is 3.07. The lowest BCUT2D eigenvalue weighted by Gasteiger charge is -2.02. The maximum Gasteiger partial charge on any atom is 0.185 e. The van der Waals surface area contributed by atoms with Crippen molar-refractivity contribution in [3.8, 4) is 11.3 Å². The quantitative estimate of drug-likeness (QED) is 0.462. The molecule has 1 heterocycles. The van der Waals surface area contributed by atoms with Crippen LogP contribution >= 0.6 is 34.2 Å². The maximum absolute atomic E-state index is 13.6. The topological polar surface area (TPSA) is 30.2 Å². The third-order valence-corrected chi connectivity index (χ3v) is 3.54. The zero-order chi connectivity index (χ0) is 11.7. The monoisotopic (exact) mass is 350 g/mol. The van der Waals surface area contributed by atoms with Gasteiger partial charge in [0.1, 0.15) is 11.6 Å². The van der Waals surface area contributed by atoms with Crippen molar-refractivity contribution in [1.82, 2.24) is 0 Å². The third kappa shape index (κ3) is 2.12. The fraction of sp³-hybridized carbons (Fsp3) is 0. The maximum atomic E-state index is 13.6. The molecule has 0 amide bonds. The van der Waals surface area contributed by atoms with E-state index in [0.717, 1.165) is 3.57 Å². The average molecular weight is 351 g/mol. The standard InChI is InChI=1S/C11H5ClFIO2/c12-8-4-9(13)7(3-10(8)14)11-2-1-6(5-15)16-11/h1-5H. The van der Waals surface area contributed by atoms with E-state index in [-0.39, 0.29) is 5.76 Å². The van der Waals surface area contributed by atoms with E-state index >= 15 is 0 Å². The highest BCUT2D eigenvalue weighted by molar-refractivity contribution is 14.1. The van der Waals surface area contributed by atoms with Gasteiger partial charge in [0.2, 0.25) is 0 Å². The summed E-state index contributed by atoms with van der Waals surface area (Å²) in [6, 6.07) is 5.84. The molecule has 1 aromatic heterocycles. The molecular weight excluding hydrogens is 345 g/mol. The van der Waals surface area contributed by atoms with Crippen LogP contribution in [0.2, 0.25) is 5.02 Å². The number of benzene rings is 1. The van der Waals surface area contributed by atoms with Gasteiger partial charge in [-0.2, -0.15) is 0 Å². The molecule has 0 aliphatic heterocycles. The summed E-state index contributed by atoms with van der Waals surface area (Å²) in [6.45, 7) is 0. The Balaban J connectivity index is 2.55. The number of hydrogen-bond donors (Lipinski definition) is 0. The van der Waals surface area contributed by atoms with Gasteiger partial charge in [0, 0.05) is 3.57 Å². The Morgan fingerprint density at radius 3 is 2.75 bits per heavy atom. The molecule has 2 aromatic rings. The minimum Gasteiger partial charge on any atom is -0.453 e. The van der Waals surface area contributed by atoms with Crippen molar-refractivity contribution in [2.75, 3.05) is 0 Å². The minimum atomic E-state index is -0.475. The smallest absolute Gasteiger partial charge is 0.185 e. The number of carbonyl (C=O) groups excluding carboxylic acids is 1. The molecule has 5 heteroatoms. The van der Waals surface area contributed by atoms with E-state index in [0.29, 0.717) is 22.6 Å². The molecule has 0 fully saturated rings. The number of halogens is 3. The first kappa shape index (κ1) is 11.6. The van der Waals surface area contributed by atoms with Crippen LogP contribution in [0.4, 0.5) is 4.39 Å². The van der Waals surface area contributed by atoms with Gasteiger partial charge in [-0.3, -0.25) is 4.79 Å². The van der Waals surface area contributed by atoms with Crippen molar-refractivity contribution in [1.29, 1.82) is 0 Å². The number of aldehydes is 1. The van der Waals surface area contributed by atoms with Crippen LogP contribution in [0.1, 0.15) is 10.6 Å². The predicted molar refractivity (Wildman–Crippen MR) is 67.2 cm³/mol. The van der Waals surface area contributed by atoms with E-state index in [2.05, 4.69) is 0 Å². The second-order valence-corrected chi connectivity index (χ2v) is 4.64. The van der Waals surface area contributed by atoms with Gasteiger partial charge in [0.15, 0.2) is 12.0 Å². The second kappa shape index (κ2) is 4.55. The molecule has 2 rings (SSSR count). The van der Waals surface area contributed by atoms with Gasteiger partial charge in [0.25, 0.3) is 0 Å². The van der Waals surface area contributed by atoms with Crippen molar-refractivity contribution < 1.29 is 13.6 Å². The molecule has 0 N–H and O–H groups in total. The molecule has 0 aliphatic carbocycles. The number of hydrogen-bond acceptors (Lipinski definition) is 2. The zero-order valence-electron chi connectivity index (χ0n) is 7.84. The molecular formula is C11H5ClFIO2. The zero-order valence-corrected chi connectivity index (χ0v) is 10.8. The van der Waals surface area contributed by atoms with Crippen LogP contribution in [0.3, 0.4) is 0 Å². The highest BCUT2D eigenvalue weighted by atomic mass is 127. The molecule has 2 nitrogen and oxygen atoms in total. The molecule has 0 aliphatic rings. The molecule has 0 unspecified atom stereocenters. The lowest BCUT2D eigenvalue weighted by atomic mass is 10.1. The fourth-order valence-corrected chi connectivity index (χ4v) is 1.89. The van der Waals surface area contributed by atoms with E-state index in [1.807, 2.05) is 22.6 Å². The molecule has 16 heavy (non-hydrogen) atoms. The van der Waals surface area contributed by atoms with E-state index in [1.54, 1.807) is 12.1 Å². The van der Waals surface area contributed by atoms with E-state index in [1.165, 1.54) is 12.1 Å². The van der Waals surface area contributed by atoms with Gasteiger partial charge in [-0.15, -0.1) is 0 Å². The van der Waals surface area contributed by atoms with Gasteiger partial charge in [0.05, 0.1) is 10.6 Å². The third-order valence-electron chi connectivity index (χ3n) is 2.02. The van der Waals surface area contributed by atoms with Crippen LogP contribution in [0, 0.1) is 9.39 Å². The normalized spacial score (nSPS) is 10.4. The highest BCUT2D eigenvalue weighted by Gasteiger charge is 2.12. The van der Waals surface area contributed by atoms with Crippen LogP contribution in [0.5, 0.6) is 0 Å². The Morgan fingerprint density at radius 2 is 2.12 bits per heavy atom. The Kier molecular flexibility index (Phi) is 3.30. The first-order valence-electron chi connectivity index (χ1n) is 4.31. The Hall–Kier alpha value is -0.880. The van der Waals surface area contributed by atoms with E-state index in [9.17, 15) is 9.18 Å². The van der Waals surface area contributed by atoms with Crippen molar-refractivity contribution in [3.63, 3.8) is 0 Å². The largest absolute Gasteiger partial charge is 0.453 e. The molecule has 0 saturated heterocycles. The summed E-state index contributed by atoms with van der Waals surface area (Å²) >= 11 is 7.77. The van der Waals surface area contributed by atoms with Crippen LogP contribution in [-0.2, 0) is 0 Å². The van der Waals surface area contributed by atoms with Crippen molar-refractivity contribution in [2.24, 2.45) is 0 Å². The molecule has 0 saturated carbocycles. The molecule has 82 valence electrons. The summed E-state index contributed by atoms with van der Waals surface area (Å²) in [5.41, 5.74) is 0.293. The summed E-state index contributed by atoms with van der Waals surface area (Å²) in [6.07, 6.45) is 0.572. The summed E-state index contributed by atoms with van der Waals surface area (Å²) < 4.78 is 19.5. The Labute approximate surface area is 110 Å². The van der Waals surface area contributed by atoms with Gasteiger partial charge >= 0.3 is 0 Å². The summed E-state index contributed by atoms with van der Waals surface area (Å²) in [4.78, 5) is 10.4. The summed E-state index contributed by atoms with van der Waals surface area (Å²) in [5, 5.41) is 0.351. The lowest BCUT2D eigenvalue weighted by molar-refractivity contribution is 0.110. The number of furan rings is 1. The van der Waals surface area contributed by atoms with Crippen molar-refractivity contribution in [3.05, 3.63) is 44.4 Å². The number of carbonyl (C=O) groups is 1. The first-order valence-corrected chi connectivity index (χ1v) is 5.77. The van der Waals surface area contributed by atoms with Gasteiger partial charge in [-0.05, 0) is 46.9 Å². The predicted octanol–water partition coefficient (Wildman–Crippen LogP) is 4.16. The Morgan fingerprint density at radius 1 is 1.38 bits per heavy atom. The number of rotatable bonds is 2. The van der Waals surface area contributed by atoms with Crippen molar-refractivity contribution >= 4 is 40.5 Å². The molecule has 1 aromatic carbocycles. The highest BCUT2D eigenvalue weighted by Crippen LogP contribution is 2.30. The van der Waals surface area contributed by atoms with Crippen molar-refractivity contribution in [2.45, 2.75) is 0 Å². The van der Waals surface area contributed by atoms with Crippen LogP contribution in [-0.4, -0.2) is 6.29 Å². The van der Waals surface area contributed by atoms with Gasteiger partial charge in [-0.1, -0.05) is 11.6 Å². The molecule has 0 radical (unpaired) electrons. The average Bonchev–Trinajstić information content (AvgIpc) is 2.71. The lowest BCUT2D eigenvalue weighted by Crippen LogP contribution is -1.85. The van der Waals surface area contributed by atoms with Crippen LogP contribution in [0.25, 0.3) is 11.3 Å². The van der Waals surface area contributed by atoms with E-state index in [4.69, 9.17) is 16.0 Å². The first-order chi connectivity index (χ1) is 7.61.